The highest BCUT2D eigenvalue weighted by atomic mass is 35.5. The van der Waals surface area contributed by atoms with Gasteiger partial charge in [0, 0.05) is 16.8 Å². The van der Waals surface area contributed by atoms with Gasteiger partial charge in [-0.15, -0.1) is 0 Å². The number of aromatic nitrogens is 2. The first kappa shape index (κ1) is 14.5. The number of nitrogens with zero attached hydrogens (tertiary/aromatic N) is 3. The number of halogens is 1. The highest BCUT2D eigenvalue weighted by Gasteiger charge is 2.19. The van der Waals surface area contributed by atoms with Gasteiger partial charge in [-0.3, -0.25) is 4.79 Å². The Morgan fingerprint density at radius 3 is 2.85 bits per heavy atom. The molecule has 20 heavy (non-hydrogen) atoms. The summed E-state index contributed by atoms with van der Waals surface area (Å²) in [6.45, 7) is 0. The number of Topliss-reactive ketones (excluding diaryl/α,β-unsaturated/α-hetero) is 1. The van der Waals surface area contributed by atoms with Crippen molar-refractivity contribution >= 4 is 34.9 Å². The van der Waals surface area contributed by atoms with E-state index in [1.807, 2.05) is 6.26 Å². The van der Waals surface area contributed by atoms with Crippen molar-refractivity contribution in [2.75, 3.05) is 6.26 Å². The van der Waals surface area contributed by atoms with E-state index >= 15 is 0 Å². The maximum absolute atomic E-state index is 12.3. The highest BCUT2D eigenvalue weighted by Crippen LogP contribution is 2.14. The molecule has 102 valence electrons. The Bertz CT molecular complexity index is 676. The van der Waals surface area contributed by atoms with Crippen molar-refractivity contribution in [1.82, 2.24) is 9.97 Å². The predicted octanol–water partition coefficient (Wildman–Crippen LogP) is 2.91. The van der Waals surface area contributed by atoms with Crippen LogP contribution in [-0.4, -0.2) is 32.9 Å². The van der Waals surface area contributed by atoms with E-state index in [4.69, 9.17) is 16.8 Å². The second-order valence-corrected chi connectivity index (χ2v) is 4.93. The summed E-state index contributed by atoms with van der Waals surface area (Å²) in [5.74, 6) is -0.458. The van der Waals surface area contributed by atoms with Gasteiger partial charge in [0.15, 0.2) is 10.9 Å². The topological polar surface area (TPSA) is 75.4 Å². The summed E-state index contributed by atoms with van der Waals surface area (Å²) in [5.41, 5.74) is 0.441. The summed E-state index contributed by atoms with van der Waals surface area (Å²) in [5, 5.41) is 13.1. The molecule has 1 aromatic heterocycles. The first-order valence-corrected chi connectivity index (χ1v) is 7.15. The maximum Gasteiger partial charge on any atom is 0.217 e. The lowest BCUT2D eigenvalue weighted by atomic mass is 10.0. The lowest BCUT2D eigenvalue weighted by Crippen LogP contribution is -2.18. The summed E-state index contributed by atoms with van der Waals surface area (Å²) in [7, 11) is 0. The number of benzene rings is 1. The van der Waals surface area contributed by atoms with Crippen molar-refractivity contribution < 1.29 is 10.0 Å². The van der Waals surface area contributed by atoms with E-state index in [1.54, 1.807) is 18.2 Å². The minimum atomic E-state index is -0.458. The van der Waals surface area contributed by atoms with Crippen molar-refractivity contribution in [2.24, 2.45) is 5.16 Å². The van der Waals surface area contributed by atoms with Gasteiger partial charge in [-0.05, 0) is 24.5 Å². The van der Waals surface area contributed by atoms with Crippen LogP contribution in [0.3, 0.4) is 0 Å². The van der Waals surface area contributed by atoms with Crippen LogP contribution in [0.1, 0.15) is 16.1 Å². The Kier molecular flexibility index (Phi) is 4.70. The Balaban J connectivity index is 2.40. The largest absolute Gasteiger partial charge is 0.410 e. The molecule has 1 N–H and O–H groups in total. The number of thioether (sulfide) groups is 1. The molecule has 0 aliphatic carbocycles. The van der Waals surface area contributed by atoms with Crippen LogP contribution in [0.25, 0.3) is 0 Å². The molecule has 0 spiro atoms. The fraction of sp³-hybridized carbons (Fsp3) is 0.0769. The standard InChI is InChI=1S/C13H10ClN3O2S/c1-20-13-15-6-5-10(16-13)11(17-19)12(18)8-3-2-4-9(14)7-8/h2-7,19H,1H3. The van der Waals surface area contributed by atoms with Crippen LogP contribution < -0.4 is 0 Å². The number of oxime groups is 1. The summed E-state index contributed by atoms with van der Waals surface area (Å²) < 4.78 is 0. The van der Waals surface area contributed by atoms with Crippen molar-refractivity contribution in [2.45, 2.75) is 5.16 Å². The molecule has 0 saturated carbocycles. The van der Waals surface area contributed by atoms with Gasteiger partial charge in [0.2, 0.25) is 5.78 Å². The average molecular weight is 308 g/mol. The van der Waals surface area contributed by atoms with E-state index in [-0.39, 0.29) is 11.4 Å². The van der Waals surface area contributed by atoms with Crippen molar-refractivity contribution in [3.8, 4) is 0 Å². The maximum atomic E-state index is 12.3. The van der Waals surface area contributed by atoms with Crippen molar-refractivity contribution in [1.29, 1.82) is 0 Å². The van der Waals surface area contributed by atoms with Crippen LogP contribution in [0.5, 0.6) is 0 Å². The van der Waals surface area contributed by atoms with Gasteiger partial charge in [-0.25, -0.2) is 9.97 Å². The SMILES string of the molecule is CSc1nccc(C(=NO)C(=O)c2cccc(Cl)c2)n1. The van der Waals surface area contributed by atoms with Crippen LogP contribution >= 0.6 is 23.4 Å². The molecule has 1 heterocycles. The second kappa shape index (κ2) is 6.49. The molecule has 7 heteroatoms. The number of ketones is 1. The molecule has 1 aromatic carbocycles. The van der Waals surface area contributed by atoms with Crippen LogP contribution in [0.15, 0.2) is 46.8 Å². The van der Waals surface area contributed by atoms with Crippen LogP contribution in [0.4, 0.5) is 0 Å². The number of rotatable bonds is 4. The molecule has 0 aliphatic heterocycles. The van der Waals surface area contributed by atoms with Crippen molar-refractivity contribution in [3.63, 3.8) is 0 Å². The van der Waals surface area contributed by atoms with Gasteiger partial charge in [-0.1, -0.05) is 40.7 Å². The molecule has 0 bridgehead atoms. The Morgan fingerprint density at radius 1 is 1.40 bits per heavy atom. The van der Waals surface area contributed by atoms with Crippen LogP contribution in [-0.2, 0) is 0 Å². The Hall–Kier alpha value is -1.92. The molecule has 5 nitrogen and oxygen atoms in total. The molecule has 0 atom stereocenters. The summed E-state index contributed by atoms with van der Waals surface area (Å²) in [6.07, 6.45) is 3.32. The molecule has 0 aliphatic rings. The molecule has 2 aromatic rings. The summed E-state index contributed by atoms with van der Waals surface area (Å²) in [6, 6.07) is 7.92. The monoisotopic (exact) mass is 307 g/mol. The molecular formula is C13H10ClN3O2S. The van der Waals surface area contributed by atoms with Gasteiger partial charge in [0.05, 0.1) is 0 Å². The van der Waals surface area contributed by atoms with E-state index in [2.05, 4.69) is 15.1 Å². The summed E-state index contributed by atoms with van der Waals surface area (Å²) >= 11 is 7.18. The Labute approximate surface area is 124 Å². The fourth-order valence-corrected chi connectivity index (χ4v) is 2.10. The number of hydrogen-bond donors (Lipinski definition) is 1. The molecular weight excluding hydrogens is 298 g/mol. The van der Waals surface area contributed by atoms with Gasteiger partial charge in [-0.2, -0.15) is 0 Å². The average Bonchev–Trinajstić information content (AvgIpc) is 2.48. The van der Waals surface area contributed by atoms with Gasteiger partial charge >= 0.3 is 0 Å². The third-order valence-electron chi connectivity index (χ3n) is 2.46. The van der Waals surface area contributed by atoms with E-state index in [1.165, 1.54) is 30.1 Å². The molecule has 0 unspecified atom stereocenters. The first-order chi connectivity index (χ1) is 9.65. The third kappa shape index (κ3) is 3.15. The van der Waals surface area contributed by atoms with Gasteiger partial charge < -0.3 is 5.21 Å². The minimum absolute atomic E-state index is 0.148. The minimum Gasteiger partial charge on any atom is -0.410 e. The number of carbonyl (C=O) groups is 1. The number of carbonyl (C=O) groups excluding carboxylic acids is 1. The lowest BCUT2D eigenvalue weighted by molar-refractivity contribution is 0.106. The normalized spacial score (nSPS) is 11.4. The van der Waals surface area contributed by atoms with E-state index < -0.39 is 5.78 Å². The lowest BCUT2D eigenvalue weighted by Gasteiger charge is -2.04. The molecule has 2 rings (SSSR count). The Morgan fingerprint density at radius 2 is 2.20 bits per heavy atom. The van der Waals surface area contributed by atoms with Gasteiger partial charge in [0.1, 0.15) is 5.69 Å². The molecule has 0 amide bonds. The van der Waals surface area contributed by atoms with E-state index in [0.717, 1.165) is 0 Å². The zero-order valence-corrected chi connectivity index (χ0v) is 12.0. The summed E-state index contributed by atoms with van der Waals surface area (Å²) in [4.78, 5) is 20.5. The van der Waals surface area contributed by atoms with E-state index in [9.17, 15) is 4.79 Å². The number of hydrogen-bond acceptors (Lipinski definition) is 6. The predicted molar refractivity (Wildman–Crippen MR) is 77.9 cm³/mol. The van der Waals surface area contributed by atoms with Crippen LogP contribution in [0.2, 0.25) is 5.02 Å². The van der Waals surface area contributed by atoms with Crippen LogP contribution in [0, 0.1) is 0 Å². The van der Waals surface area contributed by atoms with Gasteiger partial charge in [0.25, 0.3) is 0 Å². The van der Waals surface area contributed by atoms with E-state index in [0.29, 0.717) is 15.7 Å². The smallest absolute Gasteiger partial charge is 0.217 e. The second-order valence-electron chi connectivity index (χ2n) is 3.72. The quantitative estimate of drug-likeness (QED) is 0.235. The molecule has 0 saturated heterocycles. The first-order valence-electron chi connectivity index (χ1n) is 5.55. The molecule has 0 radical (unpaired) electrons. The fourth-order valence-electron chi connectivity index (χ4n) is 1.55. The van der Waals surface area contributed by atoms with Crippen molar-refractivity contribution in [3.05, 3.63) is 52.8 Å². The zero-order valence-electron chi connectivity index (χ0n) is 10.4. The molecule has 0 fully saturated rings. The zero-order chi connectivity index (χ0) is 14.5. The third-order valence-corrected chi connectivity index (χ3v) is 3.26. The highest BCUT2D eigenvalue weighted by molar-refractivity contribution is 7.98.